The zero-order valence-electron chi connectivity index (χ0n) is 11.8. The van der Waals surface area contributed by atoms with Crippen LogP contribution in [-0.4, -0.2) is 54.3 Å². The fourth-order valence-electron chi connectivity index (χ4n) is 1.28. The normalized spacial score (nSPS) is 16.2. The fourth-order valence-corrected chi connectivity index (χ4v) is 1.28. The van der Waals surface area contributed by atoms with Crippen LogP contribution < -0.4 is 0 Å². The second kappa shape index (κ2) is 6.39. The highest BCUT2D eigenvalue weighted by atomic mass is 19.4. The SMILES string of the molecule is O=COC(F)(F)C(F)(F)C(F)(F)C(F)(F)C(F)(F)C(F)(F)C(F)(F)C(F)(F)F. The van der Waals surface area contributed by atoms with Gasteiger partial charge in [-0.3, -0.25) is 4.79 Å². The molecular weight excluding hydrogens is 463 g/mol. The van der Waals surface area contributed by atoms with Crippen LogP contribution >= 0.6 is 0 Å². The maximum absolute atomic E-state index is 13.0. The van der Waals surface area contributed by atoms with Gasteiger partial charge in [-0.2, -0.15) is 74.6 Å². The summed E-state index contributed by atoms with van der Waals surface area (Å²) in [6.07, 6.45) is -14.9. The van der Waals surface area contributed by atoms with Crippen molar-refractivity contribution in [3.8, 4) is 0 Å². The molecule has 0 bridgehead atoms. The standard InChI is InChI=1S/C9HF17O2/c10-2(11,4(14,15)6(18,19)8(22,23)24)3(12,13)5(16,17)7(20,21)9(25,26)28-1-27/h1H. The summed E-state index contributed by atoms with van der Waals surface area (Å²) in [4.78, 5) is 9.48. The smallest absolute Gasteiger partial charge is 0.398 e. The van der Waals surface area contributed by atoms with Crippen molar-refractivity contribution >= 4 is 6.47 Å². The van der Waals surface area contributed by atoms with E-state index in [0.29, 0.717) is 0 Å². The predicted molar refractivity (Wildman–Crippen MR) is 47.8 cm³/mol. The quantitative estimate of drug-likeness (QED) is 0.368. The predicted octanol–water partition coefficient (Wildman–Crippen LogP) is 5.13. The molecule has 0 heterocycles. The summed E-state index contributed by atoms with van der Waals surface area (Å²) in [5.74, 6) is -50.6. The first-order valence-electron chi connectivity index (χ1n) is 5.64. The van der Waals surface area contributed by atoms with Gasteiger partial charge in [0.2, 0.25) is 0 Å². The summed E-state index contributed by atoms with van der Waals surface area (Å²) in [5.41, 5.74) is 0. The van der Waals surface area contributed by atoms with Gasteiger partial charge in [-0.05, 0) is 0 Å². The Balaban J connectivity index is 6.67. The Morgan fingerprint density at radius 2 is 0.679 bits per heavy atom. The minimum absolute atomic E-state index is 1.81. The molecular formula is C9HF17O2. The van der Waals surface area contributed by atoms with Crippen molar-refractivity contribution in [2.75, 3.05) is 0 Å². The molecule has 0 N–H and O–H groups in total. The van der Waals surface area contributed by atoms with Gasteiger partial charge in [-0.25, -0.2) is 0 Å². The van der Waals surface area contributed by atoms with E-state index in [2.05, 4.69) is 0 Å². The maximum atomic E-state index is 13.0. The Labute approximate surface area is 140 Å². The van der Waals surface area contributed by atoms with Crippen molar-refractivity contribution in [2.45, 2.75) is 47.8 Å². The van der Waals surface area contributed by atoms with E-state index in [1.54, 1.807) is 0 Å². The van der Waals surface area contributed by atoms with Gasteiger partial charge in [-0.15, -0.1) is 0 Å². The van der Waals surface area contributed by atoms with Crippen molar-refractivity contribution in [1.29, 1.82) is 0 Å². The second-order valence-corrected chi connectivity index (χ2v) is 4.67. The molecule has 0 amide bonds. The molecule has 0 aliphatic heterocycles. The van der Waals surface area contributed by atoms with Crippen molar-refractivity contribution in [3.63, 3.8) is 0 Å². The second-order valence-electron chi connectivity index (χ2n) is 4.67. The van der Waals surface area contributed by atoms with Crippen LogP contribution in [0.3, 0.4) is 0 Å². The third-order valence-corrected chi connectivity index (χ3v) is 2.89. The van der Waals surface area contributed by atoms with Gasteiger partial charge in [0.15, 0.2) is 0 Å². The van der Waals surface area contributed by atoms with Gasteiger partial charge in [0.1, 0.15) is 0 Å². The minimum atomic E-state index is -8.71. The maximum Gasteiger partial charge on any atom is 0.473 e. The zero-order chi connectivity index (χ0) is 23.4. The third kappa shape index (κ3) is 3.09. The zero-order valence-corrected chi connectivity index (χ0v) is 11.8. The lowest BCUT2D eigenvalue weighted by Crippen LogP contribution is -2.74. The molecule has 0 rings (SSSR count). The lowest BCUT2D eigenvalue weighted by atomic mass is 9.90. The number of alkyl halides is 17. The topological polar surface area (TPSA) is 26.3 Å². The Morgan fingerprint density at radius 3 is 0.929 bits per heavy atom. The van der Waals surface area contributed by atoms with Gasteiger partial charge < -0.3 is 4.74 Å². The first-order valence-corrected chi connectivity index (χ1v) is 5.64. The molecule has 0 atom stereocenters. The van der Waals surface area contributed by atoms with E-state index in [-0.39, 0.29) is 0 Å². The number of carbonyl (C=O) groups excluding carboxylic acids is 1. The third-order valence-electron chi connectivity index (χ3n) is 2.89. The largest absolute Gasteiger partial charge is 0.473 e. The van der Waals surface area contributed by atoms with Crippen LogP contribution in [0.2, 0.25) is 0 Å². The van der Waals surface area contributed by atoms with Crippen molar-refractivity contribution in [3.05, 3.63) is 0 Å². The first kappa shape index (κ1) is 26.3. The van der Waals surface area contributed by atoms with Gasteiger partial charge >= 0.3 is 47.8 Å². The van der Waals surface area contributed by atoms with E-state index >= 15 is 0 Å². The molecule has 0 unspecified atom stereocenters. The summed E-state index contributed by atoms with van der Waals surface area (Å²) in [6, 6.07) is 0. The monoisotopic (exact) mass is 464 g/mol. The van der Waals surface area contributed by atoms with E-state index in [0.717, 1.165) is 0 Å². The molecule has 0 saturated carbocycles. The molecule has 0 aromatic carbocycles. The summed E-state index contributed by atoms with van der Waals surface area (Å²) >= 11 is 0. The van der Waals surface area contributed by atoms with Crippen LogP contribution in [0.15, 0.2) is 0 Å². The Kier molecular flexibility index (Phi) is 6.00. The van der Waals surface area contributed by atoms with Crippen LogP contribution in [-0.2, 0) is 9.53 Å². The number of carbonyl (C=O) groups is 1. The fraction of sp³-hybridized carbons (Fsp3) is 0.889. The molecule has 2 nitrogen and oxygen atoms in total. The van der Waals surface area contributed by atoms with Crippen LogP contribution in [0.4, 0.5) is 74.6 Å². The lowest BCUT2D eigenvalue weighted by molar-refractivity contribution is -0.473. The first-order chi connectivity index (χ1) is 11.8. The number of hydrogen-bond acceptors (Lipinski definition) is 2. The lowest BCUT2D eigenvalue weighted by Gasteiger charge is -2.42. The molecule has 0 fully saturated rings. The van der Waals surface area contributed by atoms with E-state index in [1.807, 2.05) is 4.74 Å². The van der Waals surface area contributed by atoms with E-state index in [1.165, 1.54) is 0 Å². The van der Waals surface area contributed by atoms with Crippen LogP contribution in [0.5, 0.6) is 0 Å². The van der Waals surface area contributed by atoms with Gasteiger partial charge in [-0.1, -0.05) is 0 Å². The van der Waals surface area contributed by atoms with Crippen molar-refractivity contribution in [2.24, 2.45) is 0 Å². The van der Waals surface area contributed by atoms with Gasteiger partial charge in [0.05, 0.1) is 0 Å². The van der Waals surface area contributed by atoms with E-state index < -0.39 is 54.3 Å². The molecule has 0 aromatic heterocycles. The summed E-state index contributed by atoms with van der Waals surface area (Å²) in [6.45, 7) is -1.81. The van der Waals surface area contributed by atoms with Gasteiger partial charge in [0, 0.05) is 0 Å². The molecule has 0 aliphatic rings. The average Bonchev–Trinajstić information content (AvgIpc) is 2.44. The van der Waals surface area contributed by atoms with Crippen LogP contribution in [0.1, 0.15) is 0 Å². The summed E-state index contributed by atoms with van der Waals surface area (Å²) < 4.78 is 216. The van der Waals surface area contributed by atoms with Crippen LogP contribution in [0.25, 0.3) is 0 Å². The van der Waals surface area contributed by atoms with Crippen LogP contribution in [0, 0.1) is 0 Å². The highest BCUT2D eigenvalue weighted by Gasteiger charge is 2.95. The molecule has 0 spiro atoms. The summed E-state index contributed by atoms with van der Waals surface area (Å²) in [5, 5.41) is 0. The van der Waals surface area contributed by atoms with E-state index in [4.69, 9.17) is 0 Å². The van der Waals surface area contributed by atoms with E-state index in [9.17, 15) is 79.4 Å². The Hall–Kier alpha value is -1.72. The number of ether oxygens (including phenoxy) is 1. The Morgan fingerprint density at radius 1 is 0.429 bits per heavy atom. The molecule has 0 aliphatic carbocycles. The molecule has 0 saturated heterocycles. The number of rotatable bonds is 8. The highest BCUT2D eigenvalue weighted by Crippen LogP contribution is 2.63. The molecule has 19 heteroatoms. The molecule has 28 heavy (non-hydrogen) atoms. The molecule has 0 aromatic rings. The molecule has 0 radical (unpaired) electrons. The highest BCUT2D eigenvalue weighted by molar-refractivity contribution is 5.38. The Bertz CT molecular complexity index is 588. The number of halogens is 17. The minimum Gasteiger partial charge on any atom is -0.398 e. The average molecular weight is 464 g/mol. The summed E-state index contributed by atoms with van der Waals surface area (Å²) in [7, 11) is 0. The van der Waals surface area contributed by atoms with Gasteiger partial charge in [0.25, 0.3) is 6.47 Å². The van der Waals surface area contributed by atoms with Crippen molar-refractivity contribution < 1.29 is 84.2 Å². The molecule has 168 valence electrons. The van der Waals surface area contributed by atoms with Crippen molar-refractivity contribution in [1.82, 2.24) is 0 Å². The number of hydrogen-bond donors (Lipinski definition) is 0.